The van der Waals surface area contributed by atoms with E-state index in [9.17, 15) is 9.59 Å². The highest BCUT2D eigenvalue weighted by molar-refractivity contribution is 6.03. The second kappa shape index (κ2) is 4.94. The van der Waals surface area contributed by atoms with Gasteiger partial charge in [-0.15, -0.1) is 0 Å². The lowest BCUT2D eigenvalue weighted by molar-refractivity contribution is -0.158. The van der Waals surface area contributed by atoms with Crippen LogP contribution in [0.5, 0.6) is 0 Å². The van der Waals surface area contributed by atoms with Gasteiger partial charge in [0.15, 0.2) is 5.78 Å². The van der Waals surface area contributed by atoms with Crippen molar-refractivity contribution >= 4 is 11.8 Å². The van der Waals surface area contributed by atoms with Gasteiger partial charge in [0, 0.05) is 5.92 Å². The Kier molecular flexibility index (Phi) is 4.54. The normalized spacial score (nSPS) is 11.2. The number of ether oxygens (including phenoxy) is 1. The van der Waals surface area contributed by atoms with E-state index in [1.165, 1.54) is 6.08 Å². The first-order valence-corrected chi connectivity index (χ1v) is 4.66. The molecule has 0 aliphatic rings. The van der Waals surface area contributed by atoms with Crippen LogP contribution in [0.2, 0.25) is 0 Å². The van der Waals surface area contributed by atoms with Crippen molar-refractivity contribution in [2.24, 2.45) is 11.3 Å². The topological polar surface area (TPSA) is 43.4 Å². The molecule has 0 rings (SSSR count). The van der Waals surface area contributed by atoms with E-state index in [1.807, 2.05) is 0 Å². The molecule has 0 unspecified atom stereocenters. The minimum atomic E-state index is -1.06. The van der Waals surface area contributed by atoms with Crippen molar-refractivity contribution < 1.29 is 14.3 Å². The molecule has 0 aliphatic carbocycles. The summed E-state index contributed by atoms with van der Waals surface area (Å²) < 4.78 is 4.85. The molecule has 0 atom stereocenters. The molecule has 0 amide bonds. The van der Waals surface area contributed by atoms with Gasteiger partial charge < -0.3 is 4.74 Å². The monoisotopic (exact) mass is 198 g/mol. The van der Waals surface area contributed by atoms with Crippen molar-refractivity contribution in [1.82, 2.24) is 0 Å². The lowest BCUT2D eigenvalue weighted by Gasteiger charge is -2.22. The van der Waals surface area contributed by atoms with Gasteiger partial charge in [-0.1, -0.05) is 26.5 Å². The minimum Gasteiger partial charge on any atom is -0.461 e. The van der Waals surface area contributed by atoms with Crippen molar-refractivity contribution in [3.8, 4) is 0 Å². The smallest absolute Gasteiger partial charge is 0.319 e. The summed E-state index contributed by atoms with van der Waals surface area (Å²) in [5.74, 6) is -0.760. The Bertz CT molecular complexity index is 239. The van der Waals surface area contributed by atoms with E-state index in [1.54, 1.807) is 27.7 Å². The number of ketones is 1. The fourth-order valence-corrected chi connectivity index (χ4v) is 1.14. The van der Waals surface area contributed by atoms with E-state index >= 15 is 0 Å². The maximum Gasteiger partial charge on any atom is 0.319 e. The SMILES string of the molecule is C=CCOC(=O)C(C)(C)C(=O)C(C)C. The molecule has 0 radical (unpaired) electrons. The Labute approximate surface area is 85.1 Å². The third-order valence-electron chi connectivity index (χ3n) is 1.98. The van der Waals surface area contributed by atoms with Crippen molar-refractivity contribution in [2.45, 2.75) is 27.7 Å². The zero-order valence-electron chi connectivity index (χ0n) is 9.29. The number of hydrogen-bond donors (Lipinski definition) is 0. The van der Waals surface area contributed by atoms with Gasteiger partial charge in [-0.05, 0) is 13.8 Å². The molecule has 0 bridgehead atoms. The highest BCUT2D eigenvalue weighted by Gasteiger charge is 2.38. The average molecular weight is 198 g/mol. The van der Waals surface area contributed by atoms with Crippen LogP contribution in [-0.4, -0.2) is 18.4 Å². The van der Waals surface area contributed by atoms with Crippen LogP contribution in [0.15, 0.2) is 12.7 Å². The number of rotatable bonds is 5. The van der Waals surface area contributed by atoms with Crippen molar-refractivity contribution in [3.05, 3.63) is 12.7 Å². The highest BCUT2D eigenvalue weighted by atomic mass is 16.5. The third-order valence-corrected chi connectivity index (χ3v) is 1.98. The molecule has 80 valence electrons. The minimum absolute atomic E-state index is 0.105. The van der Waals surface area contributed by atoms with Gasteiger partial charge in [-0.25, -0.2) is 0 Å². The van der Waals surface area contributed by atoms with Crippen molar-refractivity contribution in [1.29, 1.82) is 0 Å². The number of carbonyl (C=O) groups excluding carboxylic acids is 2. The van der Waals surface area contributed by atoms with Crippen LogP contribution in [-0.2, 0) is 14.3 Å². The van der Waals surface area contributed by atoms with E-state index < -0.39 is 11.4 Å². The molecule has 0 saturated carbocycles. The fraction of sp³-hybridized carbons (Fsp3) is 0.636. The number of esters is 1. The summed E-state index contributed by atoms with van der Waals surface area (Å²) in [6.45, 7) is 10.3. The molecule has 0 aromatic carbocycles. The summed E-state index contributed by atoms with van der Waals surface area (Å²) in [6.07, 6.45) is 1.48. The summed E-state index contributed by atoms with van der Waals surface area (Å²) >= 11 is 0. The number of Topliss-reactive ketones (excluding diaryl/α,β-unsaturated/α-hetero) is 1. The van der Waals surface area contributed by atoms with Crippen LogP contribution in [0, 0.1) is 11.3 Å². The first kappa shape index (κ1) is 12.9. The van der Waals surface area contributed by atoms with Gasteiger partial charge in [0.2, 0.25) is 0 Å². The number of carbonyl (C=O) groups is 2. The van der Waals surface area contributed by atoms with E-state index in [-0.39, 0.29) is 18.3 Å². The van der Waals surface area contributed by atoms with Gasteiger partial charge in [-0.2, -0.15) is 0 Å². The second-order valence-electron chi connectivity index (χ2n) is 4.03. The van der Waals surface area contributed by atoms with Gasteiger partial charge in [0.1, 0.15) is 12.0 Å². The molecule has 0 saturated heterocycles. The molecule has 0 spiro atoms. The maximum absolute atomic E-state index is 11.6. The first-order valence-electron chi connectivity index (χ1n) is 4.66. The molecule has 14 heavy (non-hydrogen) atoms. The standard InChI is InChI=1S/C11H18O3/c1-6-7-14-10(13)11(4,5)9(12)8(2)3/h6,8H,1,7H2,2-5H3. The second-order valence-corrected chi connectivity index (χ2v) is 4.03. The van der Waals surface area contributed by atoms with Crippen LogP contribution >= 0.6 is 0 Å². The van der Waals surface area contributed by atoms with Crippen molar-refractivity contribution in [2.75, 3.05) is 6.61 Å². The van der Waals surface area contributed by atoms with Crippen LogP contribution in [0.25, 0.3) is 0 Å². The predicted molar refractivity (Wildman–Crippen MR) is 54.8 cm³/mol. The van der Waals surface area contributed by atoms with E-state index in [0.29, 0.717) is 0 Å². The molecule has 0 fully saturated rings. The highest BCUT2D eigenvalue weighted by Crippen LogP contribution is 2.22. The molecule has 0 N–H and O–H groups in total. The summed E-state index contributed by atoms with van der Waals surface area (Å²) in [4.78, 5) is 23.1. The van der Waals surface area contributed by atoms with E-state index in [0.717, 1.165) is 0 Å². The van der Waals surface area contributed by atoms with Crippen LogP contribution < -0.4 is 0 Å². The van der Waals surface area contributed by atoms with E-state index in [4.69, 9.17) is 4.74 Å². The lowest BCUT2D eigenvalue weighted by atomic mass is 9.82. The summed E-state index contributed by atoms with van der Waals surface area (Å²) in [5, 5.41) is 0. The molecule has 0 aliphatic heterocycles. The Hall–Kier alpha value is -1.12. The predicted octanol–water partition coefficient (Wildman–Crippen LogP) is 1.97. The molecular weight excluding hydrogens is 180 g/mol. The summed E-state index contributed by atoms with van der Waals surface area (Å²) in [5.41, 5.74) is -1.06. The molecule has 0 heterocycles. The Morgan fingerprint density at radius 3 is 2.29 bits per heavy atom. The molecule has 3 heteroatoms. The Morgan fingerprint density at radius 2 is 1.93 bits per heavy atom. The summed E-state index contributed by atoms with van der Waals surface area (Å²) in [7, 11) is 0. The van der Waals surface area contributed by atoms with Gasteiger partial charge in [0.05, 0.1) is 0 Å². The van der Waals surface area contributed by atoms with Crippen molar-refractivity contribution in [3.63, 3.8) is 0 Å². The zero-order valence-corrected chi connectivity index (χ0v) is 9.29. The zero-order chi connectivity index (χ0) is 11.4. The average Bonchev–Trinajstić information content (AvgIpc) is 2.12. The largest absolute Gasteiger partial charge is 0.461 e. The quantitative estimate of drug-likeness (QED) is 0.385. The summed E-state index contributed by atoms with van der Waals surface area (Å²) in [6, 6.07) is 0. The van der Waals surface area contributed by atoms with Gasteiger partial charge >= 0.3 is 5.97 Å². The van der Waals surface area contributed by atoms with Gasteiger partial charge in [0.25, 0.3) is 0 Å². The number of hydrogen-bond acceptors (Lipinski definition) is 3. The maximum atomic E-state index is 11.6. The van der Waals surface area contributed by atoms with Crippen LogP contribution in [0.3, 0.4) is 0 Å². The van der Waals surface area contributed by atoms with Gasteiger partial charge in [-0.3, -0.25) is 9.59 Å². The first-order chi connectivity index (χ1) is 6.34. The third kappa shape index (κ3) is 2.98. The fourth-order valence-electron chi connectivity index (χ4n) is 1.14. The Morgan fingerprint density at radius 1 is 1.43 bits per heavy atom. The van der Waals surface area contributed by atoms with E-state index in [2.05, 4.69) is 6.58 Å². The molecule has 0 aromatic heterocycles. The lowest BCUT2D eigenvalue weighted by Crippen LogP contribution is -2.37. The van der Waals surface area contributed by atoms with Crippen LogP contribution in [0.1, 0.15) is 27.7 Å². The molecule has 0 aromatic rings. The Balaban J connectivity index is 4.52. The molecular formula is C11H18O3. The van der Waals surface area contributed by atoms with Crippen LogP contribution in [0.4, 0.5) is 0 Å². The molecule has 3 nitrogen and oxygen atoms in total.